The zero-order chi connectivity index (χ0) is 10.9. The van der Waals surface area contributed by atoms with Gasteiger partial charge >= 0.3 is 0 Å². The van der Waals surface area contributed by atoms with Gasteiger partial charge in [0.15, 0.2) is 5.82 Å². The largest absolute Gasteiger partial charge is 0.392 e. The molecule has 0 radical (unpaired) electrons. The van der Waals surface area contributed by atoms with Crippen molar-refractivity contribution < 1.29 is 9.63 Å². The molecule has 1 fully saturated rings. The van der Waals surface area contributed by atoms with E-state index in [4.69, 9.17) is 9.78 Å². The zero-order valence-electron chi connectivity index (χ0n) is 8.60. The highest BCUT2D eigenvalue weighted by Crippen LogP contribution is 2.45. The van der Waals surface area contributed by atoms with Crippen LogP contribution in [0.3, 0.4) is 0 Å². The number of aromatic nitrogens is 2. The van der Waals surface area contributed by atoms with E-state index in [0.29, 0.717) is 5.89 Å². The molecule has 1 aliphatic rings. The number of rotatable bonds is 4. The molecule has 1 aromatic rings. The summed E-state index contributed by atoms with van der Waals surface area (Å²) < 4.78 is 5.02. The van der Waals surface area contributed by atoms with Crippen LogP contribution in [0.15, 0.2) is 4.52 Å². The fourth-order valence-corrected chi connectivity index (χ4v) is 1.37. The summed E-state index contributed by atoms with van der Waals surface area (Å²) in [5, 5.41) is 21.6. The molecule has 0 bridgehead atoms. The molecule has 0 spiro atoms. The number of aliphatic hydroxyl groups excluding tert-OH is 1. The number of aliphatic hydroxyl groups is 1. The van der Waals surface area contributed by atoms with Crippen LogP contribution in [-0.4, -0.2) is 21.4 Å². The van der Waals surface area contributed by atoms with Crippen molar-refractivity contribution in [3.8, 4) is 6.07 Å². The Bertz CT molecular complexity index is 390. The van der Waals surface area contributed by atoms with E-state index in [9.17, 15) is 5.11 Å². The molecule has 0 amide bonds. The Morgan fingerprint density at radius 1 is 1.67 bits per heavy atom. The van der Waals surface area contributed by atoms with Gasteiger partial charge in [-0.15, -0.1) is 0 Å². The van der Waals surface area contributed by atoms with Crippen molar-refractivity contribution in [2.24, 2.45) is 0 Å². The topological polar surface area (TPSA) is 82.9 Å². The molecule has 1 atom stereocenters. The minimum absolute atomic E-state index is 0.0852. The van der Waals surface area contributed by atoms with Crippen molar-refractivity contribution >= 4 is 0 Å². The molecular weight excluding hydrogens is 194 g/mol. The molecule has 0 saturated heterocycles. The second-order valence-corrected chi connectivity index (χ2v) is 4.29. The molecular formula is C10H13N3O2. The van der Waals surface area contributed by atoms with Crippen molar-refractivity contribution in [2.45, 2.75) is 44.1 Å². The van der Waals surface area contributed by atoms with E-state index in [-0.39, 0.29) is 18.3 Å². The molecule has 0 aromatic carbocycles. The van der Waals surface area contributed by atoms with Crippen molar-refractivity contribution in [2.75, 3.05) is 0 Å². The normalized spacial score (nSPS) is 19.5. The number of hydrogen-bond donors (Lipinski definition) is 1. The Morgan fingerprint density at radius 3 is 3.00 bits per heavy atom. The van der Waals surface area contributed by atoms with Gasteiger partial charge in [0, 0.05) is 5.41 Å². The monoisotopic (exact) mass is 207 g/mol. The van der Waals surface area contributed by atoms with E-state index >= 15 is 0 Å². The van der Waals surface area contributed by atoms with Gasteiger partial charge in [-0.05, 0) is 12.8 Å². The highest BCUT2D eigenvalue weighted by atomic mass is 16.5. The third-order valence-corrected chi connectivity index (χ3v) is 2.75. The number of hydrogen-bond acceptors (Lipinski definition) is 5. The quantitative estimate of drug-likeness (QED) is 0.794. The smallest absolute Gasteiger partial charge is 0.229 e. The Morgan fingerprint density at radius 2 is 2.40 bits per heavy atom. The van der Waals surface area contributed by atoms with Crippen LogP contribution in [0.25, 0.3) is 0 Å². The average Bonchev–Trinajstić information content (AvgIpc) is 2.77. The highest BCUT2D eigenvalue weighted by Gasteiger charge is 2.43. The second kappa shape index (κ2) is 3.63. The SMILES string of the molecule is CC1(c2noc(CC(O)CC#N)n2)CC1. The van der Waals surface area contributed by atoms with Crippen molar-refractivity contribution in [3.63, 3.8) is 0 Å². The summed E-state index contributed by atoms with van der Waals surface area (Å²) in [6.07, 6.45) is 1.82. The van der Waals surface area contributed by atoms with Gasteiger partial charge in [-0.1, -0.05) is 12.1 Å². The Kier molecular flexibility index (Phi) is 2.45. The molecule has 1 unspecified atom stereocenters. The van der Waals surface area contributed by atoms with Gasteiger partial charge in [-0.2, -0.15) is 10.2 Å². The van der Waals surface area contributed by atoms with E-state index in [1.807, 2.05) is 6.07 Å². The Hall–Kier alpha value is -1.41. The predicted molar refractivity (Wildman–Crippen MR) is 50.8 cm³/mol. The van der Waals surface area contributed by atoms with Crippen LogP contribution < -0.4 is 0 Å². The van der Waals surface area contributed by atoms with Gasteiger partial charge in [-0.3, -0.25) is 0 Å². The lowest BCUT2D eigenvalue weighted by molar-refractivity contribution is 0.167. The first-order valence-corrected chi connectivity index (χ1v) is 5.02. The van der Waals surface area contributed by atoms with Crippen LogP contribution in [0.2, 0.25) is 0 Å². The van der Waals surface area contributed by atoms with Crippen LogP contribution >= 0.6 is 0 Å². The molecule has 5 heteroatoms. The first kappa shape index (κ1) is 10.1. The average molecular weight is 207 g/mol. The molecule has 80 valence electrons. The minimum atomic E-state index is -0.713. The molecule has 5 nitrogen and oxygen atoms in total. The fourth-order valence-electron chi connectivity index (χ4n) is 1.37. The van der Waals surface area contributed by atoms with E-state index in [1.54, 1.807) is 0 Å². The number of nitrogens with zero attached hydrogens (tertiary/aromatic N) is 3. The molecule has 0 aliphatic heterocycles. The molecule has 1 aliphatic carbocycles. The van der Waals surface area contributed by atoms with Crippen LogP contribution in [0.4, 0.5) is 0 Å². The Labute approximate surface area is 87.7 Å². The molecule has 15 heavy (non-hydrogen) atoms. The standard InChI is InChI=1S/C10H13N3O2/c1-10(3-4-10)9-12-8(15-13-9)6-7(14)2-5-11/h7,14H,2-4,6H2,1H3. The maximum absolute atomic E-state index is 9.38. The Balaban J connectivity index is 1.99. The molecule has 1 N–H and O–H groups in total. The molecule has 1 saturated carbocycles. The van der Waals surface area contributed by atoms with Gasteiger partial charge in [0.1, 0.15) is 0 Å². The van der Waals surface area contributed by atoms with E-state index in [1.165, 1.54) is 0 Å². The van der Waals surface area contributed by atoms with Crippen molar-refractivity contribution in [3.05, 3.63) is 11.7 Å². The van der Waals surface area contributed by atoms with Gasteiger partial charge in [-0.25, -0.2) is 0 Å². The third-order valence-electron chi connectivity index (χ3n) is 2.75. The predicted octanol–water partition coefficient (Wildman–Crippen LogP) is 0.938. The van der Waals surface area contributed by atoms with Crippen LogP contribution in [0.5, 0.6) is 0 Å². The lowest BCUT2D eigenvalue weighted by Gasteiger charge is -2.00. The van der Waals surface area contributed by atoms with Gasteiger partial charge in [0.2, 0.25) is 5.89 Å². The summed E-state index contributed by atoms with van der Waals surface area (Å²) >= 11 is 0. The van der Waals surface area contributed by atoms with Gasteiger partial charge in [0.25, 0.3) is 0 Å². The molecule has 2 rings (SSSR count). The maximum atomic E-state index is 9.38. The summed E-state index contributed by atoms with van der Waals surface area (Å²) in [5.41, 5.74) is 0.0852. The van der Waals surface area contributed by atoms with Crippen LogP contribution in [0.1, 0.15) is 37.9 Å². The lowest BCUT2D eigenvalue weighted by Crippen LogP contribution is -2.10. The van der Waals surface area contributed by atoms with Crippen molar-refractivity contribution in [1.82, 2.24) is 10.1 Å². The van der Waals surface area contributed by atoms with Crippen LogP contribution in [0, 0.1) is 11.3 Å². The van der Waals surface area contributed by atoms with Gasteiger partial charge < -0.3 is 9.63 Å². The summed E-state index contributed by atoms with van der Waals surface area (Å²) in [6.45, 7) is 2.09. The lowest BCUT2D eigenvalue weighted by atomic mass is 10.1. The summed E-state index contributed by atoms with van der Waals surface area (Å²) in [7, 11) is 0. The first-order valence-electron chi connectivity index (χ1n) is 5.02. The molecule has 1 aromatic heterocycles. The third kappa shape index (κ3) is 2.16. The van der Waals surface area contributed by atoms with E-state index in [2.05, 4.69) is 17.1 Å². The highest BCUT2D eigenvalue weighted by molar-refractivity contribution is 5.14. The van der Waals surface area contributed by atoms with Crippen molar-refractivity contribution in [1.29, 1.82) is 5.26 Å². The zero-order valence-corrected chi connectivity index (χ0v) is 8.60. The summed E-state index contributed by atoms with van der Waals surface area (Å²) in [5.74, 6) is 1.14. The minimum Gasteiger partial charge on any atom is -0.392 e. The summed E-state index contributed by atoms with van der Waals surface area (Å²) in [4.78, 5) is 4.22. The molecule has 1 heterocycles. The van der Waals surface area contributed by atoms with E-state index < -0.39 is 6.10 Å². The summed E-state index contributed by atoms with van der Waals surface area (Å²) in [6, 6.07) is 1.90. The van der Waals surface area contributed by atoms with Crippen LogP contribution in [-0.2, 0) is 11.8 Å². The second-order valence-electron chi connectivity index (χ2n) is 4.29. The number of nitriles is 1. The van der Waals surface area contributed by atoms with Gasteiger partial charge in [0.05, 0.1) is 25.0 Å². The fraction of sp³-hybridized carbons (Fsp3) is 0.700. The first-order chi connectivity index (χ1) is 7.14. The maximum Gasteiger partial charge on any atom is 0.229 e. The van der Waals surface area contributed by atoms with E-state index in [0.717, 1.165) is 18.7 Å².